The first kappa shape index (κ1) is 15.3. The molecule has 0 rings (SSSR count). The third-order valence-electron chi connectivity index (χ3n) is 1.20. The number of hydrazone groups is 1. The lowest BCUT2D eigenvalue weighted by atomic mass is 10.2. The summed E-state index contributed by atoms with van der Waals surface area (Å²) in [7, 11) is 0. The minimum absolute atomic E-state index is 0. The summed E-state index contributed by atoms with van der Waals surface area (Å²) in [5, 5.41) is 3.73. The largest absolute Gasteiger partial charge is 0.378 e. The minimum atomic E-state index is 0. The van der Waals surface area contributed by atoms with E-state index in [9.17, 15) is 0 Å². The van der Waals surface area contributed by atoms with Gasteiger partial charge in [-0.25, -0.2) is 4.99 Å². The van der Waals surface area contributed by atoms with Gasteiger partial charge in [-0.15, -0.1) is 17.0 Å². The van der Waals surface area contributed by atoms with Gasteiger partial charge in [0.1, 0.15) is 6.34 Å². The topological polar surface area (TPSA) is 76.8 Å². The van der Waals surface area contributed by atoms with Crippen LogP contribution in [0, 0.1) is 5.92 Å². The summed E-state index contributed by atoms with van der Waals surface area (Å²) < 4.78 is 0. The van der Waals surface area contributed by atoms with Crippen LogP contribution in [0.5, 0.6) is 0 Å². The molecule has 0 aromatic heterocycles. The third kappa shape index (κ3) is 11.8. The number of nitrogens with zero attached hydrogens (tertiary/aromatic N) is 2. The minimum Gasteiger partial charge on any atom is -0.378 e. The normalized spacial score (nSPS) is 12.1. The van der Waals surface area contributed by atoms with E-state index in [4.69, 9.17) is 11.6 Å². The molecule has 0 radical (unpaired) electrons. The van der Waals surface area contributed by atoms with Crippen molar-refractivity contribution in [2.75, 3.05) is 5.75 Å². The number of rotatable bonds is 4. The maximum atomic E-state index is 5.51. The Hall–Kier alpha value is -0.230. The SMILES string of the molecule is Br.CC(C)CCSC(N)=N/C=N\N. The Bertz CT molecular complexity index is 170. The van der Waals surface area contributed by atoms with Crippen molar-refractivity contribution >= 4 is 40.2 Å². The molecule has 78 valence electrons. The van der Waals surface area contributed by atoms with Crippen molar-refractivity contribution in [3.63, 3.8) is 0 Å². The molecule has 0 heterocycles. The Morgan fingerprint density at radius 1 is 1.54 bits per heavy atom. The highest BCUT2D eigenvalue weighted by Gasteiger charge is 1.96. The van der Waals surface area contributed by atoms with Gasteiger partial charge in [0.05, 0.1) is 0 Å². The molecule has 0 aliphatic heterocycles. The molecule has 0 saturated heterocycles. The molecular formula is C7H17BrN4S. The number of amidine groups is 1. The summed E-state index contributed by atoms with van der Waals surface area (Å²) in [6.07, 6.45) is 2.39. The van der Waals surface area contributed by atoms with Crippen molar-refractivity contribution in [1.29, 1.82) is 0 Å². The molecule has 0 saturated carbocycles. The van der Waals surface area contributed by atoms with Gasteiger partial charge in [-0.3, -0.25) is 0 Å². The highest BCUT2D eigenvalue weighted by atomic mass is 79.9. The smallest absolute Gasteiger partial charge is 0.160 e. The fourth-order valence-corrected chi connectivity index (χ4v) is 1.45. The molecule has 0 unspecified atom stereocenters. The second-order valence-electron chi connectivity index (χ2n) is 2.76. The van der Waals surface area contributed by atoms with Crippen LogP contribution in [0.3, 0.4) is 0 Å². The van der Waals surface area contributed by atoms with E-state index in [2.05, 4.69) is 23.9 Å². The van der Waals surface area contributed by atoms with Gasteiger partial charge in [-0.2, -0.15) is 5.10 Å². The standard InChI is InChI=1S/C7H16N4S.BrH/c1-6(2)3-4-12-7(8)10-5-11-9;/h5-6H,3-4,9H2,1-2H3,(H2,8,10,11);1H. The zero-order valence-electron chi connectivity index (χ0n) is 7.93. The maximum absolute atomic E-state index is 5.51. The first-order chi connectivity index (χ1) is 5.66. The molecule has 4 nitrogen and oxygen atoms in total. The zero-order valence-corrected chi connectivity index (χ0v) is 10.5. The van der Waals surface area contributed by atoms with E-state index in [-0.39, 0.29) is 17.0 Å². The van der Waals surface area contributed by atoms with Crippen LogP contribution in [-0.4, -0.2) is 17.3 Å². The van der Waals surface area contributed by atoms with Crippen LogP contribution in [0.15, 0.2) is 10.1 Å². The van der Waals surface area contributed by atoms with Crippen molar-refractivity contribution < 1.29 is 0 Å². The van der Waals surface area contributed by atoms with Crippen LogP contribution in [0.4, 0.5) is 0 Å². The van der Waals surface area contributed by atoms with Crippen LogP contribution in [0.1, 0.15) is 20.3 Å². The lowest BCUT2D eigenvalue weighted by molar-refractivity contribution is 0.632. The van der Waals surface area contributed by atoms with Gasteiger partial charge in [0.15, 0.2) is 5.17 Å². The van der Waals surface area contributed by atoms with Gasteiger partial charge < -0.3 is 11.6 Å². The number of nitrogens with two attached hydrogens (primary N) is 2. The molecule has 0 aliphatic rings. The van der Waals surface area contributed by atoms with E-state index < -0.39 is 0 Å². The van der Waals surface area contributed by atoms with Crippen molar-refractivity contribution in [2.24, 2.45) is 27.6 Å². The number of halogens is 1. The van der Waals surface area contributed by atoms with Gasteiger partial charge in [0.2, 0.25) is 0 Å². The summed E-state index contributed by atoms with van der Waals surface area (Å²) in [6, 6.07) is 0. The fourth-order valence-electron chi connectivity index (χ4n) is 0.527. The molecule has 0 aliphatic carbocycles. The fraction of sp³-hybridized carbons (Fsp3) is 0.714. The average Bonchev–Trinajstić information content (AvgIpc) is 2.00. The van der Waals surface area contributed by atoms with E-state index in [1.54, 1.807) is 0 Å². The number of hydrogen-bond donors (Lipinski definition) is 2. The molecule has 0 aromatic rings. The lowest BCUT2D eigenvalue weighted by Gasteiger charge is -2.02. The van der Waals surface area contributed by atoms with Crippen LogP contribution in [-0.2, 0) is 0 Å². The second-order valence-corrected chi connectivity index (χ2v) is 3.88. The first-order valence-corrected chi connectivity index (χ1v) is 4.83. The highest BCUT2D eigenvalue weighted by Crippen LogP contribution is 2.07. The van der Waals surface area contributed by atoms with Gasteiger partial charge in [-0.1, -0.05) is 25.6 Å². The lowest BCUT2D eigenvalue weighted by Crippen LogP contribution is -2.08. The summed E-state index contributed by atoms with van der Waals surface area (Å²) >= 11 is 1.53. The van der Waals surface area contributed by atoms with Crippen LogP contribution in [0.2, 0.25) is 0 Å². The van der Waals surface area contributed by atoms with E-state index in [0.29, 0.717) is 11.1 Å². The van der Waals surface area contributed by atoms with Gasteiger partial charge in [0, 0.05) is 5.75 Å². The Morgan fingerprint density at radius 2 is 2.15 bits per heavy atom. The molecule has 13 heavy (non-hydrogen) atoms. The Labute approximate surface area is 94.0 Å². The molecular weight excluding hydrogens is 252 g/mol. The molecule has 6 heteroatoms. The van der Waals surface area contributed by atoms with E-state index in [0.717, 1.165) is 12.2 Å². The Morgan fingerprint density at radius 3 is 2.62 bits per heavy atom. The number of thioether (sulfide) groups is 1. The highest BCUT2D eigenvalue weighted by molar-refractivity contribution is 8.93. The van der Waals surface area contributed by atoms with Crippen molar-refractivity contribution in [1.82, 2.24) is 0 Å². The molecule has 0 amide bonds. The number of aliphatic imine (C=N–C) groups is 1. The Kier molecular flexibility index (Phi) is 11.6. The summed E-state index contributed by atoms with van der Waals surface area (Å²) in [5.74, 6) is 6.55. The molecule has 0 bridgehead atoms. The van der Waals surface area contributed by atoms with Gasteiger partial charge >= 0.3 is 0 Å². The van der Waals surface area contributed by atoms with Crippen LogP contribution in [0.25, 0.3) is 0 Å². The van der Waals surface area contributed by atoms with Gasteiger partial charge in [-0.05, 0) is 12.3 Å². The first-order valence-electron chi connectivity index (χ1n) is 3.84. The Balaban J connectivity index is 0. The molecule has 0 fully saturated rings. The average molecular weight is 269 g/mol. The van der Waals surface area contributed by atoms with Crippen molar-refractivity contribution in [3.8, 4) is 0 Å². The van der Waals surface area contributed by atoms with E-state index in [1.807, 2.05) is 0 Å². The predicted molar refractivity (Wildman–Crippen MR) is 66.5 cm³/mol. The van der Waals surface area contributed by atoms with Crippen molar-refractivity contribution in [2.45, 2.75) is 20.3 Å². The maximum Gasteiger partial charge on any atom is 0.160 e. The predicted octanol–water partition coefficient (Wildman–Crippen LogP) is 1.56. The number of hydrogen-bond acceptors (Lipinski definition) is 3. The summed E-state index contributed by atoms with van der Waals surface area (Å²) in [4.78, 5) is 3.78. The van der Waals surface area contributed by atoms with E-state index >= 15 is 0 Å². The zero-order chi connectivity index (χ0) is 9.40. The molecule has 0 aromatic carbocycles. The summed E-state index contributed by atoms with van der Waals surface area (Å²) in [5.41, 5.74) is 5.51. The summed E-state index contributed by atoms with van der Waals surface area (Å²) in [6.45, 7) is 4.35. The molecule has 0 atom stereocenters. The van der Waals surface area contributed by atoms with Crippen molar-refractivity contribution in [3.05, 3.63) is 0 Å². The molecule has 4 N–H and O–H groups in total. The van der Waals surface area contributed by atoms with Gasteiger partial charge in [0.25, 0.3) is 0 Å². The molecule has 0 spiro atoms. The van der Waals surface area contributed by atoms with E-state index in [1.165, 1.54) is 18.1 Å². The second kappa shape index (κ2) is 9.85. The van der Waals surface area contributed by atoms with Crippen LogP contribution >= 0.6 is 28.7 Å². The monoisotopic (exact) mass is 268 g/mol. The van der Waals surface area contributed by atoms with Crippen LogP contribution < -0.4 is 11.6 Å². The third-order valence-corrected chi connectivity index (χ3v) is 2.04. The quantitative estimate of drug-likeness (QED) is 0.352.